The fourth-order valence-corrected chi connectivity index (χ4v) is 1.78. The molecule has 0 radical (unpaired) electrons. The molecule has 102 valence electrons. The van der Waals surface area contributed by atoms with Crippen LogP contribution in [0.3, 0.4) is 0 Å². The smallest absolute Gasteiger partial charge is 0.220 e. The van der Waals surface area contributed by atoms with Gasteiger partial charge in [-0.3, -0.25) is 4.79 Å². The highest BCUT2D eigenvalue weighted by atomic mass is 79.9. The molecule has 0 aliphatic heterocycles. The van der Waals surface area contributed by atoms with Gasteiger partial charge in [-0.25, -0.2) is 0 Å². The number of aryl methyl sites for hydroxylation is 2. The summed E-state index contributed by atoms with van der Waals surface area (Å²) >= 11 is 3.47. The second kappa shape index (κ2) is 9.36. The van der Waals surface area contributed by atoms with Gasteiger partial charge < -0.3 is 10.6 Å². The van der Waals surface area contributed by atoms with Crippen molar-refractivity contribution < 1.29 is 4.79 Å². The summed E-state index contributed by atoms with van der Waals surface area (Å²) in [6.07, 6.45) is 1.34. The predicted octanol–water partition coefficient (Wildman–Crippen LogP) is 2.45. The van der Waals surface area contributed by atoms with E-state index in [2.05, 4.69) is 45.6 Å². The molecule has 0 aliphatic carbocycles. The van der Waals surface area contributed by atoms with Gasteiger partial charge in [0, 0.05) is 24.0 Å². The van der Waals surface area contributed by atoms with Crippen molar-refractivity contribution in [3.8, 4) is 0 Å². The molecule has 1 aromatic rings. The molecule has 2 N–H and O–H groups in total. The van der Waals surface area contributed by atoms with E-state index in [-0.39, 0.29) is 18.3 Å². The molecule has 1 rings (SSSR count). The molecule has 0 aliphatic rings. The third-order valence-electron chi connectivity index (χ3n) is 2.56. The minimum atomic E-state index is 0. The van der Waals surface area contributed by atoms with E-state index < -0.39 is 0 Å². The van der Waals surface area contributed by atoms with E-state index in [1.165, 1.54) is 11.1 Å². The number of carbonyl (C=O) groups is 1. The van der Waals surface area contributed by atoms with Crippen molar-refractivity contribution in [2.24, 2.45) is 0 Å². The first kappa shape index (κ1) is 17.4. The predicted molar refractivity (Wildman–Crippen MR) is 81.4 cm³/mol. The summed E-state index contributed by atoms with van der Waals surface area (Å²) in [6, 6.07) is 6.20. The average Bonchev–Trinajstić information content (AvgIpc) is 2.31. The van der Waals surface area contributed by atoms with Crippen LogP contribution in [0.25, 0.3) is 0 Å². The number of nitrogens with one attached hydrogen (secondary N) is 2. The lowest BCUT2D eigenvalue weighted by Gasteiger charge is -2.06. The molecule has 3 nitrogen and oxygen atoms in total. The van der Waals surface area contributed by atoms with Crippen molar-refractivity contribution in [2.75, 3.05) is 20.1 Å². The van der Waals surface area contributed by atoms with E-state index in [9.17, 15) is 4.79 Å². The van der Waals surface area contributed by atoms with E-state index in [0.717, 1.165) is 17.4 Å². The summed E-state index contributed by atoms with van der Waals surface area (Å²) in [5.74, 6) is 0.112. The molecular formula is C13H20BrClN2O. The molecule has 0 fully saturated rings. The van der Waals surface area contributed by atoms with Gasteiger partial charge in [0.2, 0.25) is 5.91 Å². The van der Waals surface area contributed by atoms with Gasteiger partial charge in [0.25, 0.3) is 0 Å². The maximum atomic E-state index is 11.5. The van der Waals surface area contributed by atoms with Crippen LogP contribution in [0.2, 0.25) is 0 Å². The minimum absolute atomic E-state index is 0. The number of benzene rings is 1. The van der Waals surface area contributed by atoms with Crippen molar-refractivity contribution >= 4 is 34.2 Å². The Morgan fingerprint density at radius 3 is 2.67 bits per heavy atom. The van der Waals surface area contributed by atoms with Crippen molar-refractivity contribution in [3.63, 3.8) is 0 Å². The zero-order valence-corrected chi connectivity index (χ0v) is 13.2. The van der Waals surface area contributed by atoms with E-state index in [4.69, 9.17) is 0 Å². The lowest BCUT2D eigenvalue weighted by atomic mass is 10.1. The number of carbonyl (C=O) groups excluding carboxylic acids is 1. The average molecular weight is 336 g/mol. The molecule has 18 heavy (non-hydrogen) atoms. The molecule has 0 saturated heterocycles. The highest BCUT2D eigenvalue weighted by molar-refractivity contribution is 9.10. The summed E-state index contributed by atoms with van der Waals surface area (Å²) in [6.45, 7) is 3.55. The Kier molecular flexibility index (Phi) is 9.06. The Labute approximate surface area is 123 Å². The van der Waals surface area contributed by atoms with Crippen molar-refractivity contribution in [3.05, 3.63) is 33.8 Å². The van der Waals surface area contributed by atoms with Gasteiger partial charge in [-0.05, 0) is 37.6 Å². The number of hydrogen-bond donors (Lipinski definition) is 2. The largest absolute Gasteiger partial charge is 0.355 e. The molecule has 1 amide bonds. The number of rotatable bonds is 6. The quantitative estimate of drug-likeness (QED) is 0.784. The molecular weight excluding hydrogens is 316 g/mol. The van der Waals surface area contributed by atoms with E-state index in [1.54, 1.807) is 0 Å². The van der Waals surface area contributed by atoms with Gasteiger partial charge in [-0.2, -0.15) is 0 Å². The Morgan fingerprint density at radius 1 is 1.33 bits per heavy atom. The first-order chi connectivity index (χ1) is 8.13. The van der Waals surface area contributed by atoms with Crippen LogP contribution in [0.1, 0.15) is 17.5 Å². The lowest BCUT2D eigenvalue weighted by molar-refractivity contribution is -0.121. The van der Waals surface area contributed by atoms with Gasteiger partial charge in [-0.15, -0.1) is 12.4 Å². The molecule has 1 aromatic carbocycles. The number of hydrogen-bond acceptors (Lipinski definition) is 2. The monoisotopic (exact) mass is 334 g/mol. The van der Waals surface area contributed by atoms with Crippen LogP contribution in [0.5, 0.6) is 0 Å². The highest BCUT2D eigenvalue weighted by Gasteiger charge is 2.02. The zero-order chi connectivity index (χ0) is 12.7. The summed E-state index contributed by atoms with van der Waals surface area (Å²) in [5.41, 5.74) is 2.41. The second-order valence-electron chi connectivity index (χ2n) is 4.04. The van der Waals surface area contributed by atoms with Crippen LogP contribution in [0.4, 0.5) is 0 Å². The molecule has 0 unspecified atom stereocenters. The summed E-state index contributed by atoms with van der Waals surface area (Å²) in [7, 11) is 1.87. The van der Waals surface area contributed by atoms with Crippen LogP contribution in [0, 0.1) is 6.92 Å². The number of halogens is 2. The Bertz CT molecular complexity index is 385. The van der Waals surface area contributed by atoms with Crippen LogP contribution < -0.4 is 10.6 Å². The summed E-state index contributed by atoms with van der Waals surface area (Å²) in [5, 5.41) is 5.86. The molecule has 0 atom stereocenters. The van der Waals surface area contributed by atoms with E-state index >= 15 is 0 Å². The maximum absolute atomic E-state index is 11.5. The lowest BCUT2D eigenvalue weighted by Crippen LogP contribution is -2.30. The third kappa shape index (κ3) is 6.38. The fourth-order valence-electron chi connectivity index (χ4n) is 1.54. The van der Waals surface area contributed by atoms with E-state index in [0.29, 0.717) is 13.0 Å². The molecule has 0 heterocycles. The van der Waals surface area contributed by atoms with Crippen molar-refractivity contribution in [2.45, 2.75) is 19.8 Å². The summed E-state index contributed by atoms with van der Waals surface area (Å²) < 4.78 is 1.11. The highest BCUT2D eigenvalue weighted by Crippen LogP contribution is 2.17. The topological polar surface area (TPSA) is 41.1 Å². The molecule has 0 aromatic heterocycles. The van der Waals surface area contributed by atoms with Gasteiger partial charge in [0.1, 0.15) is 0 Å². The maximum Gasteiger partial charge on any atom is 0.220 e. The first-order valence-corrected chi connectivity index (χ1v) is 6.59. The first-order valence-electron chi connectivity index (χ1n) is 5.80. The Balaban J connectivity index is 0.00000289. The van der Waals surface area contributed by atoms with Crippen molar-refractivity contribution in [1.82, 2.24) is 10.6 Å². The van der Waals surface area contributed by atoms with Gasteiger partial charge in [0.05, 0.1) is 0 Å². The molecule has 0 saturated carbocycles. The van der Waals surface area contributed by atoms with Crippen LogP contribution in [0.15, 0.2) is 22.7 Å². The standard InChI is InChI=1S/C13H19BrN2O.ClH/c1-10-9-11(3-5-12(10)14)4-6-13(17)16-8-7-15-2;/h3,5,9,15H,4,6-8H2,1-2H3,(H,16,17);1H. The fraction of sp³-hybridized carbons (Fsp3) is 0.462. The minimum Gasteiger partial charge on any atom is -0.355 e. The van der Waals surface area contributed by atoms with Gasteiger partial charge in [0.15, 0.2) is 0 Å². The zero-order valence-electron chi connectivity index (χ0n) is 10.8. The molecule has 5 heteroatoms. The second-order valence-corrected chi connectivity index (χ2v) is 4.89. The van der Waals surface area contributed by atoms with Crippen LogP contribution in [-0.2, 0) is 11.2 Å². The SMILES string of the molecule is CNCCNC(=O)CCc1ccc(Br)c(C)c1.Cl. The van der Waals surface area contributed by atoms with E-state index in [1.807, 2.05) is 13.1 Å². The Hall–Kier alpha value is -0.580. The molecule has 0 spiro atoms. The van der Waals surface area contributed by atoms with Gasteiger partial charge in [-0.1, -0.05) is 28.1 Å². The normalized spacial score (nSPS) is 9.72. The van der Waals surface area contributed by atoms with Crippen LogP contribution in [-0.4, -0.2) is 26.0 Å². The van der Waals surface area contributed by atoms with Gasteiger partial charge >= 0.3 is 0 Å². The number of amides is 1. The van der Waals surface area contributed by atoms with Crippen molar-refractivity contribution in [1.29, 1.82) is 0 Å². The Morgan fingerprint density at radius 2 is 2.06 bits per heavy atom. The molecule has 0 bridgehead atoms. The third-order valence-corrected chi connectivity index (χ3v) is 3.45. The number of likely N-dealkylation sites (N-methyl/N-ethyl adjacent to an activating group) is 1. The summed E-state index contributed by atoms with van der Waals surface area (Å²) in [4.78, 5) is 11.5. The van der Waals surface area contributed by atoms with Crippen LogP contribution >= 0.6 is 28.3 Å².